The first kappa shape index (κ1) is 10.8. The van der Waals surface area contributed by atoms with Crippen molar-refractivity contribution in [3.05, 3.63) is 0 Å². The summed E-state index contributed by atoms with van der Waals surface area (Å²) >= 11 is 0. The number of carbonyl (C=O) groups is 2. The average molecular weight is 202 g/mol. The van der Waals surface area contributed by atoms with Gasteiger partial charge < -0.3 is 15.2 Å². The van der Waals surface area contributed by atoms with Crippen LogP contribution in [-0.2, 0) is 4.74 Å². The molecule has 2 N–H and O–H groups in total. The van der Waals surface area contributed by atoms with Crippen molar-refractivity contribution in [3.63, 3.8) is 0 Å². The van der Waals surface area contributed by atoms with E-state index < -0.39 is 12.2 Å². The van der Waals surface area contributed by atoms with Gasteiger partial charge in [0.25, 0.3) is 0 Å². The molecule has 0 aromatic heterocycles. The molecule has 1 aliphatic heterocycles. The maximum absolute atomic E-state index is 11.3. The third-order valence-corrected chi connectivity index (χ3v) is 2.07. The summed E-state index contributed by atoms with van der Waals surface area (Å²) in [5.41, 5.74) is 0. The van der Waals surface area contributed by atoms with E-state index in [-0.39, 0.29) is 12.6 Å². The van der Waals surface area contributed by atoms with Gasteiger partial charge in [-0.1, -0.05) is 0 Å². The summed E-state index contributed by atoms with van der Waals surface area (Å²) in [5.74, 6) is 0. The highest BCUT2D eigenvalue weighted by Gasteiger charge is 2.32. The van der Waals surface area contributed by atoms with Crippen molar-refractivity contribution >= 4 is 12.2 Å². The molecule has 0 radical (unpaired) electrons. The van der Waals surface area contributed by atoms with Gasteiger partial charge in [0.2, 0.25) is 0 Å². The summed E-state index contributed by atoms with van der Waals surface area (Å²) in [5, 5.41) is 11.8. The van der Waals surface area contributed by atoms with Crippen LogP contribution >= 0.6 is 0 Å². The number of nitrogens with one attached hydrogen (secondary N) is 1. The molecule has 80 valence electrons. The van der Waals surface area contributed by atoms with E-state index in [0.29, 0.717) is 13.0 Å². The lowest BCUT2D eigenvalue weighted by molar-refractivity contribution is 0.0858. The Morgan fingerprint density at radius 2 is 2.36 bits per heavy atom. The third-order valence-electron chi connectivity index (χ3n) is 2.07. The molecule has 1 unspecified atom stereocenters. The highest BCUT2D eigenvalue weighted by atomic mass is 16.6. The first-order valence-corrected chi connectivity index (χ1v) is 4.56. The minimum absolute atomic E-state index is 0.183. The van der Waals surface area contributed by atoms with E-state index in [2.05, 4.69) is 10.1 Å². The minimum atomic E-state index is -1.25. The molecule has 2 amide bonds. The van der Waals surface area contributed by atoms with Gasteiger partial charge in [-0.05, 0) is 19.9 Å². The Morgan fingerprint density at radius 3 is 2.79 bits per heavy atom. The van der Waals surface area contributed by atoms with E-state index in [9.17, 15) is 9.59 Å². The topological polar surface area (TPSA) is 78.9 Å². The number of imide groups is 1. The van der Waals surface area contributed by atoms with Crippen molar-refractivity contribution < 1.29 is 19.4 Å². The van der Waals surface area contributed by atoms with E-state index in [0.717, 1.165) is 11.4 Å². The van der Waals surface area contributed by atoms with Gasteiger partial charge in [-0.3, -0.25) is 0 Å². The molecule has 1 saturated heterocycles. The van der Waals surface area contributed by atoms with Gasteiger partial charge in [-0.15, -0.1) is 0 Å². The first-order valence-electron chi connectivity index (χ1n) is 4.56. The monoisotopic (exact) mass is 202 g/mol. The molecule has 6 nitrogen and oxygen atoms in total. The molecule has 0 saturated carbocycles. The summed E-state index contributed by atoms with van der Waals surface area (Å²) in [6.07, 6.45) is -1.39. The number of rotatable bonds is 2. The van der Waals surface area contributed by atoms with Gasteiger partial charge in [0.05, 0.1) is 12.6 Å². The molecular formula is C8H14N2O4. The van der Waals surface area contributed by atoms with Crippen LogP contribution in [0.1, 0.15) is 13.3 Å². The van der Waals surface area contributed by atoms with Gasteiger partial charge >= 0.3 is 12.2 Å². The summed E-state index contributed by atoms with van der Waals surface area (Å²) in [7, 11) is 0. The zero-order valence-electron chi connectivity index (χ0n) is 8.02. The fourth-order valence-electron chi connectivity index (χ4n) is 1.44. The van der Waals surface area contributed by atoms with Crippen molar-refractivity contribution in [3.8, 4) is 0 Å². The lowest BCUT2D eigenvalue weighted by Crippen LogP contribution is -2.45. The summed E-state index contributed by atoms with van der Waals surface area (Å²) in [6.45, 7) is 3.06. The standard InChI is InChI=1S/C8H14N2O4/c1-2-14-8(13)10(7(11)12)6-3-4-9-5-6/h6,9H,2-5H2,1H3,(H,11,12). The Bertz CT molecular complexity index is 225. The summed E-state index contributed by atoms with van der Waals surface area (Å²) in [4.78, 5) is 22.8. The molecule has 1 heterocycles. The van der Waals surface area contributed by atoms with Gasteiger partial charge in [0.15, 0.2) is 0 Å². The molecule has 1 fully saturated rings. The van der Waals surface area contributed by atoms with Crippen LogP contribution in [0, 0.1) is 0 Å². The second-order valence-corrected chi connectivity index (χ2v) is 3.00. The van der Waals surface area contributed by atoms with Gasteiger partial charge in [-0.2, -0.15) is 0 Å². The summed E-state index contributed by atoms with van der Waals surface area (Å²) < 4.78 is 4.66. The van der Waals surface area contributed by atoms with Crippen LogP contribution in [-0.4, -0.2) is 47.9 Å². The molecule has 6 heteroatoms. The number of amides is 2. The SMILES string of the molecule is CCOC(=O)N(C(=O)O)C1CCNC1. The lowest BCUT2D eigenvalue weighted by atomic mass is 10.2. The van der Waals surface area contributed by atoms with E-state index >= 15 is 0 Å². The third kappa shape index (κ3) is 2.35. The van der Waals surface area contributed by atoms with Crippen molar-refractivity contribution in [2.45, 2.75) is 19.4 Å². The van der Waals surface area contributed by atoms with Gasteiger partial charge in [0.1, 0.15) is 0 Å². The molecule has 1 atom stereocenters. The molecule has 0 aromatic rings. The number of carbonyl (C=O) groups excluding carboxylic acids is 1. The summed E-state index contributed by atoms with van der Waals surface area (Å²) in [6, 6.07) is -0.299. The zero-order valence-corrected chi connectivity index (χ0v) is 8.02. The van der Waals surface area contributed by atoms with Crippen LogP contribution in [0.4, 0.5) is 9.59 Å². The van der Waals surface area contributed by atoms with Gasteiger partial charge in [0, 0.05) is 6.54 Å². The maximum Gasteiger partial charge on any atom is 0.419 e. The van der Waals surface area contributed by atoms with E-state index in [4.69, 9.17) is 5.11 Å². The van der Waals surface area contributed by atoms with Gasteiger partial charge in [-0.25, -0.2) is 14.5 Å². The largest absolute Gasteiger partial charge is 0.465 e. The van der Waals surface area contributed by atoms with Crippen molar-refractivity contribution in [2.24, 2.45) is 0 Å². The fraction of sp³-hybridized carbons (Fsp3) is 0.750. The number of hydrogen-bond donors (Lipinski definition) is 2. The molecule has 1 aliphatic rings. The van der Waals surface area contributed by atoms with Crippen LogP contribution < -0.4 is 5.32 Å². The molecule has 14 heavy (non-hydrogen) atoms. The second-order valence-electron chi connectivity index (χ2n) is 3.00. The lowest BCUT2D eigenvalue weighted by Gasteiger charge is -2.22. The van der Waals surface area contributed by atoms with E-state index in [1.165, 1.54) is 0 Å². The first-order chi connectivity index (χ1) is 6.66. The Kier molecular flexibility index (Phi) is 3.70. The van der Waals surface area contributed by atoms with E-state index in [1.807, 2.05) is 0 Å². The Balaban J connectivity index is 2.62. The van der Waals surface area contributed by atoms with Crippen LogP contribution in [0.3, 0.4) is 0 Å². The number of ether oxygens (including phenoxy) is 1. The zero-order chi connectivity index (χ0) is 10.6. The Hall–Kier alpha value is -1.30. The molecule has 0 aliphatic carbocycles. The molecule has 0 bridgehead atoms. The smallest absolute Gasteiger partial charge is 0.419 e. The predicted octanol–water partition coefficient (Wildman–Crippen LogP) is 0.485. The highest BCUT2D eigenvalue weighted by molar-refractivity contribution is 5.87. The number of hydrogen-bond acceptors (Lipinski definition) is 4. The van der Waals surface area contributed by atoms with Crippen LogP contribution in [0.2, 0.25) is 0 Å². The molecule has 1 rings (SSSR count). The minimum Gasteiger partial charge on any atom is -0.465 e. The normalized spacial score (nSPS) is 20.5. The predicted molar refractivity (Wildman–Crippen MR) is 48.2 cm³/mol. The fourth-order valence-corrected chi connectivity index (χ4v) is 1.44. The maximum atomic E-state index is 11.3. The quantitative estimate of drug-likeness (QED) is 0.681. The molecular weight excluding hydrogens is 188 g/mol. The van der Waals surface area contributed by atoms with Crippen molar-refractivity contribution in [2.75, 3.05) is 19.7 Å². The number of nitrogens with zero attached hydrogens (tertiary/aromatic N) is 1. The van der Waals surface area contributed by atoms with E-state index in [1.54, 1.807) is 6.92 Å². The Labute approximate surface area is 81.8 Å². The van der Waals surface area contributed by atoms with Crippen LogP contribution in [0.25, 0.3) is 0 Å². The second kappa shape index (κ2) is 4.80. The highest BCUT2D eigenvalue weighted by Crippen LogP contribution is 2.10. The molecule has 0 aromatic carbocycles. The molecule has 0 spiro atoms. The average Bonchev–Trinajstić information content (AvgIpc) is 2.57. The Morgan fingerprint density at radius 1 is 1.64 bits per heavy atom. The van der Waals surface area contributed by atoms with Crippen LogP contribution in [0.5, 0.6) is 0 Å². The van der Waals surface area contributed by atoms with Crippen LogP contribution in [0.15, 0.2) is 0 Å². The van der Waals surface area contributed by atoms with Crippen molar-refractivity contribution in [1.82, 2.24) is 10.2 Å². The number of carboxylic acid groups (broad SMARTS) is 1. The van der Waals surface area contributed by atoms with Crippen molar-refractivity contribution in [1.29, 1.82) is 0 Å².